The number of nitrogens with zero attached hydrogens (tertiary/aromatic N) is 3. The Morgan fingerprint density at radius 2 is 1.89 bits per heavy atom. The topological polar surface area (TPSA) is 88.8 Å². The predicted molar refractivity (Wildman–Crippen MR) is 140 cm³/mol. The standard InChI is InChI=1S/C29H37FN4O3/c1-29(11-3-12-29)19-33-14-9-20(10-15-33)18-37-26-8-6-22(17-32-26)23-7-5-21(16-24(23)30)28(36)34-13-2-4-25(34)27(31)35/h5-8,16-17,20,25H,2-4,9-15,18-19H2,1H3,(H2,31,35)/t25-/m0/s1. The summed E-state index contributed by atoms with van der Waals surface area (Å²) in [4.78, 5) is 32.9. The molecule has 0 unspecified atom stereocenters. The molecule has 1 aliphatic carbocycles. The Bertz CT molecular complexity index is 1130. The van der Waals surface area contributed by atoms with Crippen LogP contribution in [-0.4, -0.2) is 65.4 Å². The van der Waals surface area contributed by atoms with Gasteiger partial charge in [0.05, 0.1) is 6.61 Å². The maximum Gasteiger partial charge on any atom is 0.254 e. The quantitative estimate of drug-likeness (QED) is 0.576. The number of pyridine rings is 1. The van der Waals surface area contributed by atoms with Crippen LogP contribution in [0.4, 0.5) is 4.39 Å². The molecular formula is C29H37FN4O3. The molecule has 3 fully saturated rings. The lowest BCUT2D eigenvalue weighted by Crippen LogP contribution is -2.44. The van der Waals surface area contributed by atoms with Crippen molar-refractivity contribution >= 4 is 11.8 Å². The van der Waals surface area contributed by atoms with Gasteiger partial charge in [-0.2, -0.15) is 0 Å². The van der Waals surface area contributed by atoms with Crippen molar-refractivity contribution in [3.05, 3.63) is 47.9 Å². The minimum Gasteiger partial charge on any atom is -0.477 e. The summed E-state index contributed by atoms with van der Waals surface area (Å²) in [6, 6.07) is 7.30. The van der Waals surface area contributed by atoms with Gasteiger partial charge in [0, 0.05) is 42.0 Å². The molecule has 5 rings (SSSR count). The van der Waals surface area contributed by atoms with E-state index in [1.807, 2.05) is 0 Å². The summed E-state index contributed by atoms with van der Waals surface area (Å²) < 4.78 is 20.9. The van der Waals surface area contributed by atoms with E-state index in [1.165, 1.54) is 36.8 Å². The third-order valence-electron chi connectivity index (χ3n) is 8.45. The number of halogens is 1. The summed E-state index contributed by atoms with van der Waals surface area (Å²) in [5.41, 5.74) is 7.12. The van der Waals surface area contributed by atoms with Gasteiger partial charge >= 0.3 is 0 Å². The minimum absolute atomic E-state index is 0.204. The zero-order valence-corrected chi connectivity index (χ0v) is 21.6. The maximum atomic E-state index is 15.0. The smallest absolute Gasteiger partial charge is 0.254 e. The average Bonchev–Trinajstić information content (AvgIpc) is 3.38. The first-order chi connectivity index (χ1) is 17.8. The third-order valence-corrected chi connectivity index (χ3v) is 8.45. The summed E-state index contributed by atoms with van der Waals surface area (Å²) in [6.07, 6.45) is 9.23. The van der Waals surface area contributed by atoms with Gasteiger partial charge in [-0.25, -0.2) is 9.37 Å². The summed E-state index contributed by atoms with van der Waals surface area (Å²) >= 11 is 0. The number of nitrogens with two attached hydrogens (primary N) is 1. The number of carbonyl (C=O) groups is 2. The molecule has 0 bridgehead atoms. The highest BCUT2D eigenvalue weighted by atomic mass is 19.1. The second kappa shape index (κ2) is 10.8. The molecule has 0 spiro atoms. The van der Waals surface area contributed by atoms with Gasteiger partial charge in [-0.15, -0.1) is 0 Å². The number of benzene rings is 1. The van der Waals surface area contributed by atoms with Gasteiger partial charge in [-0.1, -0.05) is 19.4 Å². The zero-order chi connectivity index (χ0) is 26.0. The number of carbonyl (C=O) groups excluding carboxylic acids is 2. The van der Waals surface area contributed by atoms with Gasteiger partial charge in [0.15, 0.2) is 0 Å². The number of primary amides is 1. The van der Waals surface area contributed by atoms with Crippen LogP contribution in [0.25, 0.3) is 11.1 Å². The van der Waals surface area contributed by atoms with Crippen LogP contribution >= 0.6 is 0 Å². The lowest BCUT2D eigenvalue weighted by atomic mass is 9.70. The fourth-order valence-electron chi connectivity index (χ4n) is 5.97. The molecule has 3 aliphatic rings. The molecular weight excluding hydrogens is 471 g/mol. The number of hydrogen-bond donors (Lipinski definition) is 1. The van der Waals surface area contributed by atoms with Crippen LogP contribution in [-0.2, 0) is 4.79 Å². The van der Waals surface area contributed by atoms with Gasteiger partial charge in [0.2, 0.25) is 11.8 Å². The monoisotopic (exact) mass is 508 g/mol. The Labute approximate surface area is 218 Å². The first-order valence-corrected chi connectivity index (χ1v) is 13.5. The molecule has 198 valence electrons. The molecule has 2 amide bonds. The molecule has 0 radical (unpaired) electrons. The summed E-state index contributed by atoms with van der Waals surface area (Å²) in [5.74, 6) is -0.360. The Morgan fingerprint density at radius 3 is 2.51 bits per heavy atom. The lowest BCUT2D eigenvalue weighted by molar-refractivity contribution is -0.121. The van der Waals surface area contributed by atoms with E-state index >= 15 is 0 Å². The van der Waals surface area contributed by atoms with Crippen LogP contribution < -0.4 is 10.5 Å². The fourth-order valence-corrected chi connectivity index (χ4v) is 5.97. The largest absolute Gasteiger partial charge is 0.477 e. The Hall–Kier alpha value is -3.00. The predicted octanol–water partition coefficient (Wildman–Crippen LogP) is 4.26. The van der Waals surface area contributed by atoms with Crippen molar-refractivity contribution in [3.63, 3.8) is 0 Å². The van der Waals surface area contributed by atoms with Crippen molar-refractivity contribution in [2.45, 2.75) is 57.9 Å². The van der Waals surface area contributed by atoms with E-state index in [-0.39, 0.29) is 11.5 Å². The normalized spacial score (nSPS) is 22.0. The van der Waals surface area contributed by atoms with Gasteiger partial charge in [0.1, 0.15) is 11.9 Å². The van der Waals surface area contributed by atoms with Crippen molar-refractivity contribution in [2.24, 2.45) is 17.1 Å². The molecule has 1 saturated carbocycles. The van der Waals surface area contributed by atoms with E-state index in [2.05, 4.69) is 16.8 Å². The van der Waals surface area contributed by atoms with E-state index in [0.717, 1.165) is 25.9 Å². The summed E-state index contributed by atoms with van der Waals surface area (Å²) in [7, 11) is 0. The van der Waals surface area contributed by atoms with Crippen LogP contribution in [0.2, 0.25) is 0 Å². The van der Waals surface area contributed by atoms with Crippen molar-refractivity contribution in [2.75, 3.05) is 32.8 Å². The summed E-state index contributed by atoms with van der Waals surface area (Å²) in [5, 5.41) is 0. The van der Waals surface area contributed by atoms with Crippen molar-refractivity contribution < 1.29 is 18.7 Å². The van der Waals surface area contributed by atoms with Crippen LogP contribution in [0.15, 0.2) is 36.5 Å². The molecule has 2 aromatic rings. The van der Waals surface area contributed by atoms with Crippen LogP contribution in [0, 0.1) is 17.2 Å². The molecule has 2 saturated heterocycles. The molecule has 2 N–H and O–H groups in total. The van der Waals surface area contributed by atoms with E-state index in [9.17, 15) is 14.0 Å². The lowest BCUT2D eigenvalue weighted by Gasteiger charge is -2.44. The van der Waals surface area contributed by atoms with E-state index < -0.39 is 17.8 Å². The number of rotatable bonds is 8. The molecule has 8 heteroatoms. The number of likely N-dealkylation sites (tertiary alicyclic amines) is 2. The molecule has 1 atom stereocenters. The number of ether oxygens (including phenoxy) is 1. The van der Waals surface area contributed by atoms with Crippen LogP contribution in [0.3, 0.4) is 0 Å². The second-order valence-electron chi connectivity index (χ2n) is 11.3. The molecule has 2 aliphatic heterocycles. The maximum absolute atomic E-state index is 15.0. The molecule has 37 heavy (non-hydrogen) atoms. The number of aromatic nitrogens is 1. The fraction of sp³-hybridized carbons (Fsp3) is 0.552. The zero-order valence-electron chi connectivity index (χ0n) is 21.6. The molecule has 3 heterocycles. The SMILES string of the molecule is CC1(CN2CCC(COc3ccc(-c4ccc(C(=O)N5CCC[C@H]5C(N)=O)cc4F)cn3)CC2)CCC1. The van der Waals surface area contributed by atoms with Gasteiger partial charge in [0.25, 0.3) is 5.91 Å². The van der Waals surface area contributed by atoms with Crippen molar-refractivity contribution in [1.29, 1.82) is 0 Å². The number of hydrogen-bond acceptors (Lipinski definition) is 5. The Morgan fingerprint density at radius 1 is 1.11 bits per heavy atom. The van der Waals surface area contributed by atoms with Gasteiger partial charge in [-0.3, -0.25) is 9.59 Å². The average molecular weight is 509 g/mol. The van der Waals surface area contributed by atoms with Crippen LogP contribution in [0.1, 0.15) is 62.2 Å². The molecule has 1 aromatic carbocycles. The third kappa shape index (κ3) is 5.79. The van der Waals surface area contributed by atoms with Crippen molar-refractivity contribution in [1.82, 2.24) is 14.8 Å². The number of piperidine rings is 1. The van der Waals surface area contributed by atoms with Crippen LogP contribution in [0.5, 0.6) is 5.88 Å². The Balaban J connectivity index is 1.14. The number of amides is 2. The first-order valence-electron chi connectivity index (χ1n) is 13.5. The van der Waals surface area contributed by atoms with E-state index in [1.54, 1.807) is 30.5 Å². The van der Waals surface area contributed by atoms with Crippen molar-refractivity contribution in [3.8, 4) is 17.0 Å². The first kappa shape index (κ1) is 25.6. The molecule has 1 aromatic heterocycles. The second-order valence-corrected chi connectivity index (χ2v) is 11.3. The highest BCUT2D eigenvalue weighted by Crippen LogP contribution is 2.41. The van der Waals surface area contributed by atoms with E-state index in [0.29, 0.717) is 54.3 Å². The minimum atomic E-state index is -0.629. The Kier molecular flexibility index (Phi) is 7.47. The van der Waals surface area contributed by atoms with Gasteiger partial charge in [-0.05, 0) is 81.1 Å². The van der Waals surface area contributed by atoms with E-state index in [4.69, 9.17) is 10.5 Å². The molecule has 7 nitrogen and oxygen atoms in total. The highest BCUT2D eigenvalue weighted by molar-refractivity contribution is 5.98. The summed E-state index contributed by atoms with van der Waals surface area (Å²) in [6.45, 7) is 6.99. The van der Waals surface area contributed by atoms with Gasteiger partial charge < -0.3 is 20.3 Å². The highest BCUT2D eigenvalue weighted by Gasteiger charge is 2.35.